The number of nitrogens with zero attached hydrogens (tertiary/aromatic N) is 1. The second-order valence-corrected chi connectivity index (χ2v) is 3.13. The monoisotopic (exact) mass is 190 g/mol. The molecule has 2 N–H and O–H groups in total. The van der Waals surface area contributed by atoms with Gasteiger partial charge in [0.15, 0.2) is 6.17 Å². The first-order valence-corrected chi connectivity index (χ1v) is 4.51. The van der Waals surface area contributed by atoms with Gasteiger partial charge in [-0.1, -0.05) is 24.3 Å². The van der Waals surface area contributed by atoms with E-state index in [1.807, 2.05) is 30.3 Å². The molecule has 2 rings (SSSR count). The van der Waals surface area contributed by atoms with Crippen molar-refractivity contribution >= 4 is 10.9 Å². The van der Waals surface area contributed by atoms with Crippen molar-refractivity contribution in [3.05, 3.63) is 42.1 Å². The highest BCUT2D eigenvalue weighted by molar-refractivity contribution is 5.78. The van der Waals surface area contributed by atoms with Crippen molar-refractivity contribution < 1.29 is 4.39 Å². The minimum Gasteiger partial charge on any atom is -0.327 e. The third kappa shape index (κ3) is 1.59. The van der Waals surface area contributed by atoms with Crippen LogP contribution in [0.2, 0.25) is 0 Å². The fraction of sp³-hybridized carbons (Fsp3) is 0.182. The Balaban J connectivity index is 2.51. The molecule has 1 aromatic carbocycles. The summed E-state index contributed by atoms with van der Waals surface area (Å²) in [5.74, 6) is 0. The highest BCUT2D eigenvalue weighted by Crippen LogP contribution is 2.17. The highest BCUT2D eigenvalue weighted by Gasteiger charge is 2.08. The minimum absolute atomic E-state index is 0.0225. The lowest BCUT2D eigenvalue weighted by atomic mass is 10.1. The summed E-state index contributed by atoms with van der Waals surface area (Å²) >= 11 is 0. The Hall–Kier alpha value is -1.48. The summed E-state index contributed by atoms with van der Waals surface area (Å²) in [4.78, 5) is 4.19. The van der Waals surface area contributed by atoms with E-state index in [0.717, 1.165) is 10.9 Å². The number of hydrogen-bond acceptors (Lipinski definition) is 2. The molecule has 1 atom stereocenters. The van der Waals surface area contributed by atoms with E-state index in [2.05, 4.69) is 4.98 Å². The Bertz CT molecular complexity index is 442. The van der Waals surface area contributed by atoms with Crippen LogP contribution in [-0.2, 0) is 0 Å². The van der Waals surface area contributed by atoms with Crippen LogP contribution in [0.25, 0.3) is 10.9 Å². The molecular weight excluding hydrogens is 179 g/mol. The van der Waals surface area contributed by atoms with Crippen molar-refractivity contribution in [3.8, 4) is 0 Å². The summed E-state index contributed by atoms with van der Waals surface area (Å²) in [5, 5.41) is 1.01. The number of pyridine rings is 1. The second kappa shape index (κ2) is 3.72. The van der Waals surface area contributed by atoms with Crippen LogP contribution in [0.15, 0.2) is 36.4 Å². The van der Waals surface area contributed by atoms with E-state index in [1.54, 1.807) is 6.07 Å². The van der Waals surface area contributed by atoms with Gasteiger partial charge in [-0.15, -0.1) is 0 Å². The Kier molecular flexibility index (Phi) is 2.41. The first kappa shape index (κ1) is 9.09. The molecule has 0 spiro atoms. The molecule has 72 valence electrons. The molecule has 14 heavy (non-hydrogen) atoms. The van der Waals surface area contributed by atoms with Crippen LogP contribution in [0, 0.1) is 0 Å². The number of fused-ring (bicyclic) bond motifs is 1. The lowest BCUT2D eigenvalue weighted by Crippen LogP contribution is -2.09. The summed E-state index contributed by atoms with van der Waals surface area (Å²) in [5.41, 5.74) is 6.45. The normalized spacial score (nSPS) is 13.0. The van der Waals surface area contributed by atoms with Crippen molar-refractivity contribution in [2.24, 2.45) is 5.73 Å². The third-order valence-electron chi connectivity index (χ3n) is 2.15. The van der Waals surface area contributed by atoms with Gasteiger partial charge >= 0.3 is 0 Å². The van der Waals surface area contributed by atoms with Gasteiger partial charge in [-0.2, -0.15) is 0 Å². The number of aromatic nitrogens is 1. The standard InChI is InChI=1S/C11H11FN2/c12-9(7-13)11-6-5-8-3-1-2-4-10(8)14-11/h1-6,9H,7,13H2. The molecule has 0 aliphatic carbocycles. The summed E-state index contributed by atoms with van der Waals surface area (Å²) in [6, 6.07) is 11.2. The number of benzene rings is 1. The Morgan fingerprint density at radius 2 is 2.00 bits per heavy atom. The van der Waals surface area contributed by atoms with Crippen LogP contribution in [0.4, 0.5) is 4.39 Å². The van der Waals surface area contributed by atoms with Gasteiger partial charge in [-0.25, -0.2) is 9.37 Å². The molecule has 0 aliphatic rings. The molecule has 2 aromatic rings. The van der Waals surface area contributed by atoms with Gasteiger partial charge in [0, 0.05) is 11.9 Å². The Morgan fingerprint density at radius 1 is 1.21 bits per heavy atom. The van der Waals surface area contributed by atoms with E-state index in [0.29, 0.717) is 5.69 Å². The van der Waals surface area contributed by atoms with Crippen LogP contribution in [-0.4, -0.2) is 11.5 Å². The molecule has 0 radical (unpaired) electrons. The van der Waals surface area contributed by atoms with Crippen LogP contribution >= 0.6 is 0 Å². The molecular formula is C11H11FN2. The highest BCUT2D eigenvalue weighted by atomic mass is 19.1. The van der Waals surface area contributed by atoms with Crippen LogP contribution in [0.3, 0.4) is 0 Å². The molecule has 0 fully saturated rings. The number of para-hydroxylation sites is 1. The third-order valence-corrected chi connectivity index (χ3v) is 2.15. The first-order valence-electron chi connectivity index (χ1n) is 4.51. The van der Waals surface area contributed by atoms with Crippen LogP contribution in [0.5, 0.6) is 0 Å². The van der Waals surface area contributed by atoms with E-state index in [-0.39, 0.29) is 6.54 Å². The molecule has 1 heterocycles. The lowest BCUT2D eigenvalue weighted by molar-refractivity contribution is 0.346. The average molecular weight is 190 g/mol. The van der Waals surface area contributed by atoms with Gasteiger partial charge < -0.3 is 5.73 Å². The molecule has 0 aliphatic heterocycles. The van der Waals surface area contributed by atoms with Gasteiger partial charge in [-0.05, 0) is 12.1 Å². The average Bonchev–Trinajstić information content (AvgIpc) is 2.27. The molecule has 0 saturated heterocycles. The molecule has 1 aromatic heterocycles. The van der Waals surface area contributed by atoms with Crippen molar-refractivity contribution in [2.75, 3.05) is 6.54 Å². The van der Waals surface area contributed by atoms with E-state index in [4.69, 9.17) is 5.73 Å². The summed E-state index contributed by atoms with van der Waals surface area (Å²) in [7, 11) is 0. The Morgan fingerprint density at radius 3 is 2.79 bits per heavy atom. The molecule has 0 bridgehead atoms. The van der Waals surface area contributed by atoms with Gasteiger partial charge in [0.05, 0.1) is 11.2 Å². The number of hydrogen-bond donors (Lipinski definition) is 1. The quantitative estimate of drug-likeness (QED) is 0.788. The van der Waals surface area contributed by atoms with Crippen LogP contribution in [0.1, 0.15) is 11.9 Å². The maximum absolute atomic E-state index is 13.2. The largest absolute Gasteiger partial charge is 0.327 e. The number of rotatable bonds is 2. The maximum Gasteiger partial charge on any atom is 0.154 e. The van der Waals surface area contributed by atoms with Crippen molar-refractivity contribution in [1.29, 1.82) is 0 Å². The minimum atomic E-state index is -1.17. The van der Waals surface area contributed by atoms with Crippen molar-refractivity contribution in [2.45, 2.75) is 6.17 Å². The van der Waals surface area contributed by atoms with Gasteiger partial charge in [0.2, 0.25) is 0 Å². The topological polar surface area (TPSA) is 38.9 Å². The number of alkyl halides is 1. The lowest BCUT2D eigenvalue weighted by Gasteiger charge is -2.05. The van der Waals surface area contributed by atoms with Gasteiger partial charge in [0.25, 0.3) is 0 Å². The van der Waals surface area contributed by atoms with E-state index >= 15 is 0 Å². The molecule has 1 unspecified atom stereocenters. The van der Waals surface area contributed by atoms with Gasteiger partial charge in [-0.3, -0.25) is 0 Å². The second-order valence-electron chi connectivity index (χ2n) is 3.13. The SMILES string of the molecule is NCC(F)c1ccc2ccccc2n1. The Labute approximate surface area is 81.6 Å². The fourth-order valence-corrected chi connectivity index (χ4v) is 1.38. The zero-order chi connectivity index (χ0) is 9.97. The van der Waals surface area contributed by atoms with Crippen molar-refractivity contribution in [3.63, 3.8) is 0 Å². The number of nitrogens with two attached hydrogens (primary N) is 1. The van der Waals surface area contributed by atoms with E-state index in [9.17, 15) is 4.39 Å². The zero-order valence-corrected chi connectivity index (χ0v) is 7.65. The fourth-order valence-electron chi connectivity index (χ4n) is 1.38. The summed E-state index contributed by atoms with van der Waals surface area (Å²) in [6.45, 7) is -0.0225. The molecule has 0 saturated carbocycles. The van der Waals surface area contributed by atoms with Gasteiger partial charge in [0.1, 0.15) is 0 Å². The van der Waals surface area contributed by atoms with Crippen LogP contribution < -0.4 is 5.73 Å². The predicted octanol–water partition coefficient (Wildman–Crippen LogP) is 2.20. The zero-order valence-electron chi connectivity index (χ0n) is 7.65. The van der Waals surface area contributed by atoms with E-state index < -0.39 is 6.17 Å². The molecule has 2 nitrogen and oxygen atoms in total. The predicted molar refractivity (Wildman–Crippen MR) is 54.6 cm³/mol. The summed E-state index contributed by atoms with van der Waals surface area (Å²) in [6.07, 6.45) is -1.17. The first-order chi connectivity index (χ1) is 6.81. The van der Waals surface area contributed by atoms with E-state index in [1.165, 1.54) is 0 Å². The smallest absolute Gasteiger partial charge is 0.154 e. The molecule has 3 heteroatoms. The van der Waals surface area contributed by atoms with Crippen molar-refractivity contribution in [1.82, 2.24) is 4.98 Å². The number of halogens is 1. The maximum atomic E-state index is 13.2. The molecule has 0 amide bonds. The summed E-state index contributed by atoms with van der Waals surface area (Å²) < 4.78 is 13.2.